The molecular weight excluding hydrogens is 236 g/mol. The third kappa shape index (κ3) is 2.96. The van der Waals surface area contributed by atoms with Gasteiger partial charge in [-0.1, -0.05) is 23.7 Å². The maximum absolute atomic E-state index is 5.89. The van der Waals surface area contributed by atoms with Gasteiger partial charge in [-0.3, -0.25) is 0 Å². The predicted molar refractivity (Wildman–Crippen MR) is 68.4 cm³/mol. The molecule has 1 aromatic carbocycles. The van der Waals surface area contributed by atoms with E-state index in [0.717, 1.165) is 5.56 Å². The van der Waals surface area contributed by atoms with Crippen LogP contribution in [0, 0.1) is 0 Å². The molecule has 1 heterocycles. The van der Waals surface area contributed by atoms with E-state index >= 15 is 0 Å². The lowest BCUT2D eigenvalue weighted by atomic mass is 10.1. The van der Waals surface area contributed by atoms with E-state index in [1.165, 1.54) is 0 Å². The van der Waals surface area contributed by atoms with E-state index in [1.807, 2.05) is 31.2 Å². The quantitative estimate of drug-likeness (QED) is 0.904. The Labute approximate surface area is 105 Å². The topological polar surface area (TPSA) is 48.1 Å². The van der Waals surface area contributed by atoms with E-state index in [4.69, 9.17) is 22.1 Å². The summed E-state index contributed by atoms with van der Waals surface area (Å²) >= 11 is 5.89. The lowest BCUT2D eigenvalue weighted by Gasteiger charge is -2.12. The fourth-order valence-corrected chi connectivity index (χ4v) is 1.66. The van der Waals surface area contributed by atoms with Crippen molar-refractivity contribution in [3.63, 3.8) is 0 Å². The SMILES string of the molecule is C[C@@H](N)c1cccnc1Oc1cccc(Cl)c1. The second-order valence-electron chi connectivity index (χ2n) is 3.75. The molecule has 0 aliphatic carbocycles. The summed E-state index contributed by atoms with van der Waals surface area (Å²) in [5, 5.41) is 0.626. The number of halogens is 1. The van der Waals surface area contributed by atoms with E-state index < -0.39 is 0 Å². The summed E-state index contributed by atoms with van der Waals surface area (Å²) in [4.78, 5) is 4.18. The number of benzene rings is 1. The molecule has 0 bridgehead atoms. The molecule has 0 aliphatic heterocycles. The molecule has 1 aromatic heterocycles. The van der Waals surface area contributed by atoms with Crippen LogP contribution in [0.3, 0.4) is 0 Å². The lowest BCUT2D eigenvalue weighted by molar-refractivity contribution is 0.452. The minimum atomic E-state index is -0.127. The van der Waals surface area contributed by atoms with Crippen LogP contribution in [0.4, 0.5) is 0 Å². The van der Waals surface area contributed by atoms with Crippen LogP contribution in [-0.4, -0.2) is 4.98 Å². The van der Waals surface area contributed by atoms with Crippen LogP contribution in [0.15, 0.2) is 42.6 Å². The zero-order valence-electron chi connectivity index (χ0n) is 9.43. The predicted octanol–water partition coefficient (Wildman–Crippen LogP) is 3.55. The van der Waals surface area contributed by atoms with Gasteiger partial charge in [-0.15, -0.1) is 0 Å². The molecule has 0 unspecified atom stereocenters. The van der Waals surface area contributed by atoms with E-state index in [1.54, 1.807) is 18.3 Å². The van der Waals surface area contributed by atoms with Crippen LogP contribution in [0.1, 0.15) is 18.5 Å². The Morgan fingerprint density at radius 2 is 2.12 bits per heavy atom. The van der Waals surface area contributed by atoms with Crippen molar-refractivity contribution in [2.75, 3.05) is 0 Å². The second kappa shape index (κ2) is 5.17. The second-order valence-corrected chi connectivity index (χ2v) is 4.18. The van der Waals surface area contributed by atoms with Crippen molar-refractivity contribution in [1.82, 2.24) is 4.98 Å². The maximum Gasteiger partial charge on any atom is 0.223 e. The number of hydrogen-bond donors (Lipinski definition) is 1. The van der Waals surface area contributed by atoms with Gasteiger partial charge in [-0.05, 0) is 31.2 Å². The number of ether oxygens (including phenoxy) is 1. The Morgan fingerprint density at radius 1 is 1.29 bits per heavy atom. The van der Waals surface area contributed by atoms with Crippen molar-refractivity contribution < 1.29 is 4.74 Å². The highest BCUT2D eigenvalue weighted by atomic mass is 35.5. The first-order valence-corrected chi connectivity index (χ1v) is 5.68. The van der Waals surface area contributed by atoms with Gasteiger partial charge in [-0.25, -0.2) is 4.98 Å². The molecule has 0 fully saturated rings. The maximum atomic E-state index is 5.89. The average molecular weight is 249 g/mol. The van der Waals surface area contributed by atoms with Crippen LogP contribution in [-0.2, 0) is 0 Å². The monoisotopic (exact) mass is 248 g/mol. The van der Waals surface area contributed by atoms with Gasteiger partial charge < -0.3 is 10.5 Å². The first-order valence-electron chi connectivity index (χ1n) is 5.31. The molecule has 0 saturated carbocycles. The minimum absolute atomic E-state index is 0.127. The van der Waals surface area contributed by atoms with Gasteiger partial charge in [0.05, 0.1) is 0 Å². The van der Waals surface area contributed by atoms with Crippen molar-refractivity contribution in [3.8, 4) is 11.6 Å². The molecule has 3 nitrogen and oxygen atoms in total. The number of aromatic nitrogens is 1. The van der Waals surface area contributed by atoms with Gasteiger partial charge in [0.25, 0.3) is 0 Å². The number of nitrogens with zero attached hydrogens (tertiary/aromatic N) is 1. The largest absolute Gasteiger partial charge is 0.439 e. The molecule has 1 atom stereocenters. The first kappa shape index (κ1) is 11.9. The molecule has 17 heavy (non-hydrogen) atoms. The zero-order chi connectivity index (χ0) is 12.3. The van der Waals surface area contributed by atoms with Crippen molar-refractivity contribution in [2.24, 2.45) is 5.73 Å². The van der Waals surface area contributed by atoms with Crippen molar-refractivity contribution in [2.45, 2.75) is 13.0 Å². The van der Waals surface area contributed by atoms with Gasteiger partial charge in [0, 0.05) is 22.8 Å². The van der Waals surface area contributed by atoms with Crippen LogP contribution >= 0.6 is 11.6 Å². The summed E-state index contributed by atoms with van der Waals surface area (Å²) < 4.78 is 5.68. The molecule has 0 aliphatic rings. The third-order valence-corrected chi connectivity index (χ3v) is 2.54. The van der Waals surface area contributed by atoms with E-state index in [9.17, 15) is 0 Å². The Hall–Kier alpha value is -1.58. The molecule has 0 amide bonds. The van der Waals surface area contributed by atoms with Gasteiger partial charge >= 0.3 is 0 Å². The van der Waals surface area contributed by atoms with Crippen LogP contribution in [0.5, 0.6) is 11.6 Å². The van der Waals surface area contributed by atoms with E-state index in [-0.39, 0.29) is 6.04 Å². The van der Waals surface area contributed by atoms with E-state index in [2.05, 4.69) is 4.98 Å². The molecule has 4 heteroatoms. The lowest BCUT2D eigenvalue weighted by Crippen LogP contribution is -2.07. The first-order chi connectivity index (χ1) is 8.16. The summed E-state index contributed by atoms with van der Waals surface area (Å²) in [6.07, 6.45) is 1.67. The van der Waals surface area contributed by atoms with Crippen molar-refractivity contribution >= 4 is 11.6 Å². The highest BCUT2D eigenvalue weighted by molar-refractivity contribution is 6.30. The fourth-order valence-electron chi connectivity index (χ4n) is 1.48. The summed E-state index contributed by atoms with van der Waals surface area (Å²) in [5.41, 5.74) is 6.72. The molecule has 2 rings (SSSR count). The van der Waals surface area contributed by atoms with Gasteiger partial charge in [0.1, 0.15) is 5.75 Å². The molecule has 0 radical (unpaired) electrons. The summed E-state index contributed by atoms with van der Waals surface area (Å²) in [5.74, 6) is 1.17. The van der Waals surface area contributed by atoms with Gasteiger partial charge in [-0.2, -0.15) is 0 Å². The summed E-state index contributed by atoms with van der Waals surface area (Å²) in [6.45, 7) is 1.89. The normalized spacial score (nSPS) is 12.2. The van der Waals surface area contributed by atoms with Gasteiger partial charge in [0.2, 0.25) is 5.88 Å². The van der Waals surface area contributed by atoms with Crippen LogP contribution in [0.2, 0.25) is 5.02 Å². The third-order valence-electron chi connectivity index (χ3n) is 2.30. The van der Waals surface area contributed by atoms with Crippen LogP contribution < -0.4 is 10.5 Å². The Kier molecular flexibility index (Phi) is 3.61. The highest BCUT2D eigenvalue weighted by Crippen LogP contribution is 2.27. The number of nitrogens with two attached hydrogens (primary N) is 1. The zero-order valence-corrected chi connectivity index (χ0v) is 10.2. The standard InChI is InChI=1S/C13H13ClN2O/c1-9(15)12-6-3-7-16-13(12)17-11-5-2-4-10(14)8-11/h2-9H,15H2,1H3/t9-/m1/s1. The van der Waals surface area contributed by atoms with Gasteiger partial charge in [0.15, 0.2) is 0 Å². The minimum Gasteiger partial charge on any atom is -0.439 e. The molecular formula is C13H13ClN2O. The highest BCUT2D eigenvalue weighted by Gasteiger charge is 2.09. The van der Waals surface area contributed by atoms with Crippen molar-refractivity contribution in [3.05, 3.63) is 53.2 Å². The molecule has 2 N–H and O–H groups in total. The van der Waals surface area contributed by atoms with Crippen molar-refractivity contribution in [1.29, 1.82) is 0 Å². The average Bonchev–Trinajstić information content (AvgIpc) is 2.29. The molecule has 88 valence electrons. The molecule has 2 aromatic rings. The summed E-state index contributed by atoms with van der Waals surface area (Å²) in [7, 11) is 0. The summed E-state index contributed by atoms with van der Waals surface area (Å²) in [6, 6.07) is 10.8. The molecule has 0 spiro atoms. The van der Waals surface area contributed by atoms with E-state index in [0.29, 0.717) is 16.7 Å². The van der Waals surface area contributed by atoms with Crippen LogP contribution in [0.25, 0.3) is 0 Å². The Morgan fingerprint density at radius 3 is 2.82 bits per heavy atom. The number of hydrogen-bond acceptors (Lipinski definition) is 3. The smallest absolute Gasteiger partial charge is 0.223 e. The Balaban J connectivity index is 2.30. The fraction of sp³-hybridized carbons (Fsp3) is 0.154. The number of pyridine rings is 1. The number of rotatable bonds is 3. The molecule has 0 saturated heterocycles. The Bertz CT molecular complexity index is 514.